The summed E-state index contributed by atoms with van der Waals surface area (Å²) < 4.78 is 0. The highest BCUT2D eigenvalue weighted by Crippen LogP contribution is 2.10. The quantitative estimate of drug-likeness (QED) is 0.848. The molecular weight excluding hydrogens is 240 g/mol. The lowest BCUT2D eigenvalue weighted by Gasteiger charge is -2.01. The minimum absolute atomic E-state index is 0.213. The molecule has 0 spiro atoms. The third-order valence-corrected chi connectivity index (χ3v) is 2.45. The van der Waals surface area contributed by atoms with Crippen LogP contribution in [0.5, 0.6) is 0 Å². The molecule has 0 saturated heterocycles. The normalized spacial score (nSPS) is 10.2. The van der Waals surface area contributed by atoms with Crippen molar-refractivity contribution in [1.29, 1.82) is 0 Å². The molecule has 0 aliphatic rings. The SMILES string of the molecule is O=C(O)c1ccc(Cc2ccnc(Cl)n2)cc1. The van der Waals surface area contributed by atoms with E-state index in [0.29, 0.717) is 6.42 Å². The number of carboxylic acids is 1. The van der Waals surface area contributed by atoms with Gasteiger partial charge in [0.05, 0.1) is 5.56 Å². The Balaban J connectivity index is 2.16. The Bertz CT molecular complexity index is 540. The number of nitrogens with zero attached hydrogens (tertiary/aromatic N) is 2. The lowest BCUT2D eigenvalue weighted by atomic mass is 10.1. The highest BCUT2D eigenvalue weighted by Gasteiger charge is 2.03. The van der Waals surface area contributed by atoms with Crippen molar-refractivity contribution >= 4 is 17.6 Å². The summed E-state index contributed by atoms with van der Waals surface area (Å²) in [4.78, 5) is 18.5. The van der Waals surface area contributed by atoms with E-state index in [1.165, 1.54) is 0 Å². The van der Waals surface area contributed by atoms with Crippen LogP contribution < -0.4 is 0 Å². The van der Waals surface area contributed by atoms with Crippen LogP contribution in [0.25, 0.3) is 0 Å². The Labute approximate surface area is 103 Å². The van der Waals surface area contributed by atoms with E-state index in [-0.39, 0.29) is 10.8 Å². The third kappa shape index (κ3) is 3.01. The van der Waals surface area contributed by atoms with E-state index in [1.54, 1.807) is 36.5 Å². The summed E-state index contributed by atoms with van der Waals surface area (Å²) >= 11 is 5.68. The predicted molar refractivity (Wildman–Crippen MR) is 63.2 cm³/mol. The van der Waals surface area contributed by atoms with Crippen LogP contribution >= 0.6 is 11.6 Å². The van der Waals surface area contributed by atoms with Gasteiger partial charge in [0.25, 0.3) is 0 Å². The van der Waals surface area contributed by atoms with Gasteiger partial charge in [-0.15, -0.1) is 0 Å². The van der Waals surface area contributed by atoms with Gasteiger partial charge in [0.1, 0.15) is 0 Å². The molecule has 0 radical (unpaired) electrons. The van der Waals surface area contributed by atoms with Crippen LogP contribution in [-0.2, 0) is 6.42 Å². The van der Waals surface area contributed by atoms with Gasteiger partial charge < -0.3 is 5.11 Å². The molecule has 0 amide bonds. The first kappa shape index (κ1) is 11.5. The fourth-order valence-electron chi connectivity index (χ4n) is 1.44. The molecule has 0 unspecified atom stereocenters. The topological polar surface area (TPSA) is 63.1 Å². The van der Waals surface area contributed by atoms with Crippen LogP contribution in [0.3, 0.4) is 0 Å². The standard InChI is InChI=1S/C12H9ClN2O2/c13-12-14-6-5-10(15-12)7-8-1-3-9(4-2-8)11(16)17/h1-6H,7H2,(H,16,17). The van der Waals surface area contributed by atoms with Crippen molar-refractivity contribution < 1.29 is 9.90 Å². The van der Waals surface area contributed by atoms with Crippen molar-refractivity contribution in [1.82, 2.24) is 9.97 Å². The van der Waals surface area contributed by atoms with Crippen molar-refractivity contribution in [3.63, 3.8) is 0 Å². The van der Waals surface area contributed by atoms with Crippen LogP contribution in [0.4, 0.5) is 0 Å². The maximum absolute atomic E-state index is 10.7. The molecule has 0 saturated carbocycles. The Morgan fingerprint density at radius 2 is 1.94 bits per heavy atom. The zero-order chi connectivity index (χ0) is 12.3. The Kier molecular flexibility index (Phi) is 3.35. The number of benzene rings is 1. The van der Waals surface area contributed by atoms with Crippen molar-refractivity contribution in [3.05, 3.63) is 58.6 Å². The molecule has 1 aromatic heterocycles. The molecule has 2 rings (SSSR count). The minimum Gasteiger partial charge on any atom is -0.478 e. The van der Waals surface area contributed by atoms with Gasteiger partial charge in [-0.1, -0.05) is 12.1 Å². The summed E-state index contributed by atoms with van der Waals surface area (Å²) in [5, 5.41) is 8.98. The maximum Gasteiger partial charge on any atom is 0.335 e. The van der Waals surface area contributed by atoms with Gasteiger partial charge in [-0.2, -0.15) is 0 Å². The molecule has 17 heavy (non-hydrogen) atoms. The fourth-order valence-corrected chi connectivity index (χ4v) is 1.61. The number of rotatable bonds is 3. The summed E-state index contributed by atoms with van der Waals surface area (Å²) in [5.74, 6) is -0.929. The number of hydrogen-bond acceptors (Lipinski definition) is 3. The fraction of sp³-hybridized carbons (Fsp3) is 0.0833. The van der Waals surface area contributed by atoms with Crippen LogP contribution in [0, 0.1) is 0 Å². The number of halogens is 1. The molecule has 0 fully saturated rings. The highest BCUT2D eigenvalue weighted by molar-refractivity contribution is 6.28. The molecule has 2 aromatic rings. The monoisotopic (exact) mass is 248 g/mol. The summed E-state index contributed by atoms with van der Waals surface area (Å²) in [6, 6.07) is 8.44. The lowest BCUT2D eigenvalue weighted by molar-refractivity contribution is 0.0697. The number of aromatic nitrogens is 2. The number of carbonyl (C=O) groups is 1. The van der Waals surface area contributed by atoms with E-state index >= 15 is 0 Å². The summed E-state index contributed by atoms with van der Waals surface area (Å²) in [7, 11) is 0. The Morgan fingerprint density at radius 1 is 1.24 bits per heavy atom. The summed E-state index contributed by atoms with van der Waals surface area (Å²) in [6.45, 7) is 0. The first-order chi connectivity index (χ1) is 8.15. The molecule has 0 aliphatic heterocycles. The predicted octanol–water partition coefficient (Wildman–Crippen LogP) is 2.42. The second-order valence-corrected chi connectivity index (χ2v) is 3.83. The van der Waals surface area contributed by atoms with E-state index in [4.69, 9.17) is 16.7 Å². The van der Waals surface area contributed by atoms with E-state index in [0.717, 1.165) is 11.3 Å². The first-order valence-electron chi connectivity index (χ1n) is 4.95. The minimum atomic E-state index is -0.929. The van der Waals surface area contributed by atoms with E-state index < -0.39 is 5.97 Å². The van der Waals surface area contributed by atoms with Crippen molar-refractivity contribution in [3.8, 4) is 0 Å². The van der Waals surface area contributed by atoms with Crippen molar-refractivity contribution in [2.24, 2.45) is 0 Å². The van der Waals surface area contributed by atoms with Gasteiger partial charge in [0.2, 0.25) is 5.28 Å². The average Bonchev–Trinajstić information content (AvgIpc) is 2.29. The molecular formula is C12H9ClN2O2. The molecule has 5 heteroatoms. The average molecular weight is 249 g/mol. The highest BCUT2D eigenvalue weighted by atomic mass is 35.5. The molecule has 0 bridgehead atoms. The van der Waals surface area contributed by atoms with Crippen LogP contribution in [-0.4, -0.2) is 21.0 Å². The zero-order valence-corrected chi connectivity index (χ0v) is 9.55. The van der Waals surface area contributed by atoms with Gasteiger partial charge in [0, 0.05) is 18.3 Å². The van der Waals surface area contributed by atoms with Crippen LogP contribution in [0.1, 0.15) is 21.6 Å². The van der Waals surface area contributed by atoms with Gasteiger partial charge >= 0.3 is 5.97 Å². The van der Waals surface area contributed by atoms with Crippen LogP contribution in [0.15, 0.2) is 36.5 Å². The molecule has 86 valence electrons. The summed E-state index contributed by atoms with van der Waals surface area (Å²) in [5.41, 5.74) is 2.05. The second kappa shape index (κ2) is 4.93. The number of aromatic carboxylic acids is 1. The number of carboxylic acid groups (broad SMARTS) is 1. The van der Waals surface area contributed by atoms with E-state index in [2.05, 4.69) is 9.97 Å². The van der Waals surface area contributed by atoms with Crippen molar-refractivity contribution in [2.75, 3.05) is 0 Å². The van der Waals surface area contributed by atoms with E-state index in [1.807, 2.05) is 0 Å². The lowest BCUT2D eigenvalue weighted by Crippen LogP contribution is -1.97. The third-order valence-electron chi connectivity index (χ3n) is 2.27. The van der Waals surface area contributed by atoms with E-state index in [9.17, 15) is 4.79 Å². The smallest absolute Gasteiger partial charge is 0.335 e. The molecule has 1 heterocycles. The van der Waals surface area contributed by atoms with Gasteiger partial charge in [-0.3, -0.25) is 0 Å². The van der Waals surface area contributed by atoms with Crippen LogP contribution in [0.2, 0.25) is 5.28 Å². The number of hydrogen-bond donors (Lipinski definition) is 1. The van der Waals surface area contributed by atoms with Crippen molar-refractivity contribution in [2.45, 2.75) is 6.42 Å². The Morgan fingerprint density at radius 3 is 2.53 bits per heavy atom. The van der Waals surface area contributed by atoms with Gasteiger partial charge in [-0.05, 0) is 35.4 Å². The largest absolute Gasteiger partial charge is 0.478 e. The molecule has 0 atom stereocenters. The maximum atomic E-state index is 10.7. The second-order valence-electron chi connectivity index (χ2n) is 3.50. The zero-order valence-electron chi connectivity index (χ0n) is 8.80. The molecule has 0 aliphatic carbocycles. The summed E-state index contributed by atoms with van der Waals surface area (Å²) in [6.07, 6.45) is 2.19. The van der Waals surface area contributed by atoms with Gasteiger partial charge in [-0.25, -0.2) is 14.8 Å². The van der Waals surface area contributed by atoms with Gasteiger partial charge in [0.15, 0.2) is 0 Å². The molecule has 1 N–H and O–H groups in total. The Hall–Kier alpha value is -1.94. The molecule has 4 nitrogen and oxygen atoms in total. The first-order valence-corrected chi connectivity index (χ1v) is 5.32. The molecule has 1 aromatic carbocycles.